The number of pyridine rings is 1. The lowest BCUT2D eigenvalue weighted by Crippen LogP contribution is -2.48. The number of sulfonamides is 1. The van der Waals surface area contributed by atoms with Crippen LogP contribution in [-0.4, -0.2) is 91.1 Å². The highest BCUT2D eigenvalue weighted by Crippen LogP contribution is 2.29. The third-order valence-electron chi connectivity index (χ3n) is 8.21. The molecule has 0 fully saturated rings. The Morgan fingerprint density at radius 2 is 1.83 bits per heavy atom. The number of hydrogen-bond donors (Lipinski definition) is 2. The molecule has 2 heterocycles. The Balaban J connectivity index is 1.65. The van der Waals surface area contributed by atoms with Gasteiger partial charge < -0.3 is 24.8 Å². The maximum Gasteiger partial charge on any atom is 0.258 e. The van der Waals surface area contributed by atoms with Gasteiger partial charge in [0.15, 0.2) is 0 Å². The lowest BCUT2D eigenvalue weighted by molar-refractivity contribution is -0.00834. The minimum absolute atomic E-state index is 0.0162. The molecular formula is C34H43FN4O7S. The number of halogens is 1. The van der Waals surface area contributed by atoms with Crippen LogP contribution < -0.4 is 10.1 Å². The molecule has 2 aromatic carbocycles. The first-order valence-corrected chi connectivity index (χ1v) is 17.1. The van der Waals surface area contributed by atoms with E-state index in [1.54, 1.807) is 37.3 Å². The molecule has 0 spiro atoms. The summed E-state index contributed by atoms with van der Waals surface area (Å²) in [5, 5.41) is 13.0. The predicted octanol–water partition coefficient (Wildman–Crippen LogP) is 4.59. The second-order valence-electron chi connectivity index (χ2n) is 11.9. The lowest BCUT2D eigenvalue weighted by atomic mass is 10.0. The van der Waals surface area contributed by atoms with Crippen molar-refractivity contribution in [3.05, 3.63) is 83.9 Å². The fraction of sp³-hybridized carbons (Fsp3) is 0.441. The van der Waals surface area contributed by atoms with Crippen molar-refractivity contribution >= 4 is 27.5 Å². The van der Waals surface area contributed by atoms with Crippen molar-refractivity contribution in [1.82, 2.24) is 14.2 Å². The summed E-state index contributed by atoms with van der Waals surface area (Å²) in [6, 6.07) is 12.1. The molecule has 11 nitrogen and oxygen atoms in total. The zero-order valence-electron chi connectivity index (χ0n) is 27.1. The number of hydrogen-bond acceptors (Lipinski definition) is 8. The number of benzene rings is 2. The molecule has 1 aromatic heterocycles. The van der Waals surface area contributed by atoms with Gasteiger partial charge in [-0.15, -0.1) is 0 Å². The summed E-state index contributed by atoms with van der Waals surface area (Å²) < 4.78 is 53.8. The summed E-state index contributed by atoms with van der Waals surface area (Å²) in [7, 11) is -2.51. The summed E-state index contributed by atoms with van der Waals surface area (Å²) in [5.41, 5.74) is 0.996. The van der Waals surface area contributed by atoms with E-state index in [1.807, 2.05) is 13.8 Å². The van der Waals surface area contributed by atoms with E-state index < -0.39 is 33.9 Å². The highest BCUT2D eigenvalue weighted by molar-refractivity contribution is 7.89. The molecule has 0 saturated heterocycles. The average Bonchev–Trinajstić information content (AvgIpc) is 3.06. The standard InChI is InChI=1S/C34H43FN4O7S/c1-23-20-39(24(2)22-40)34(42)30-19-28(37-33(41)26-14-16-36-17-15-26)10-13-31(30)46-25(3)7-5-6-18-45-32(23)21-38(4)47(43,44)29-11-8-27(35)9-12-29/h8-17,19,23-25,32,40H,5-7,18,20-22H2,1-4H3,(H,37,41)/t23-,24-,25+,32-/m1/s1. The summed E-state index contributed by atoms with van der Waals surface area (Å²) in [4.78, 5) is 32.6. The molecule has 3 aromatic rings. The van der Waals surface area contributed by atoms with E-state index in [2.05, 4.69) is 10.3 Å². The fourth-order valence-electron chi connectivity index (χ4n) is 5.31. The number of fused-ring (bicyclic) bond motifs is 1. The van der Waals surface area contributed by atoms with Crippen LogP contribution in [-0.2, 0) is 14.8 Å². The van der Waals surface area contributed by atoms with Crippen LogP contribution in [0.1, 0.15) is 60.7 Å². The molecule has 2 N–H and O–H groups in total. The van der Waals surface area contributed by atoms with E-state index in [0.717, 1.165) is 18.6 Å². The van der Waals surface area contributed by atoms with Gasteiger partial charge in [-0.3, -0.25) is 14.6 Å². The summed E-state index contributed by atoms with van der Waals surface area (Å²) in [6.07, 6.45) is 4.31. The largest absolute Gasteiger partial charge is 0.490 e. The van der Waals surface area contributed by atoms with Crippen molar-refractivity contribution in [2.75, 3.05) is 38.7 Å². The number of carbonyl (C=O) groups excluding carboxylic acids is 2. The molecule has 0 radical (unpaired) electrons. The van der Waals surface area contributed by atoms with Crippen molar-refractivity contribution < 1.29 is 37.0 Å². The van der Waals surface area contributed by atoms with Gasteiger partial charge in [0.1, 0.15) is 11.6 Å². The van der Waals surface area contributed by atoms with Crippen LogP contribution in [0.25, 0.3) is 0 Å². The van der Waals surface area contributed by atoms with Crippen molar-refractivity contribution in [1.29, 1.82) is 0 Å². The Hall–Kier alpha value is -3.91. The van der Waals surface area contributed by atoms with Crippen LogP contribution in [0.3, 0.4) is 0 Å². The number of aliphatic hydroxyl groups is 1. The normalized spacial score (nSPS) is 20.5. The van der Waals surface area contributed by atoms with Crippen molar-refractivity contribution in [3.8, 4) is 5.75 Å². The van der Waals surface area contributed by atoms with E-state index >= 15 is 0 Å². The van der Waals surface area contributed by atoms with Crippen LogP contribution >= 0.6 is 0 Å². The van der Waals surface area contributed by atoms with Crippen LogP contribution in [0.2, 0.25) is 0 Å². The average molecular weight is 671 g/mol. The number of likely N-dealkylation sites (N-methyl/N-ethyl adjacent to an activating group) is 1. The van der Waals surface area contributed by atoms with Gasteiger partial charge in [-0.2, -0.15) is 4.31 Å². The third kappa shape index (κ3) is 9.34. The highest BCUT2D eigenvalue weighted by atomic mass is 32.2. The van der Waals surface area contributed by atoms with E-state index in [9.17, 15) is 27.5 Å². The number of nitrogens with one attached hydrogen (secondary N) is 1. The van der Waals surface area contributed by atoms with E-state index in [4.69, 9.17) is 9.47 Å². The van der Waals surface area contributed by atoms with Crippen molar-refractivity contribution in [2.45, 2.75) is 63.2 Å². The van der Waals surface area contributed by atoms with Crippen LogP contribution in [0.4, 0.5) is 10.1 Å². The monoisotopic (exact) mass is 670 g/mol. The van der Waals surface area contributed by atoms with Crippen molar-refractivity contribution in [2.24, 2.45) is 5.92 Å². The summed E-state index contributed by atoms with van der Waals surface area (Å²) in [5.74, 6) is -1.36. The number of rotatable bonds is 8. The van der Waals surface area contributed by atoms with Gasteiger partial charge in [-0.05, 0) is 87.7 Å². The number of carbonyl (C=O) groups is 2. The Labute approximate surface area is 275 Å². The zero-order chi connectivity index (χ0) is 34.1. The maximum absolute atomic E-state index is 14.3. The minimum atomic E-state index is -3.96. The van der Waals surface area contributed by atoms with Crippen LogP contribution in [0.15, 0.2) is 71.9 Å². The molecule has 0 saturated carbocycles. The quantitative estimate of drug-likeness (QED) is 0.355. The van der Waals surface area contributed by atoms with Crippen molar-refractivity contribution in [3.63, 3.8) is 0 Å². The van der Waals surface area contributed by atoms with Gasteiger partial charge in [0.2, 0.25) is 10.0 Å². The Morgan fingerprint density at radius 3 is 2.51 bits per heavy atom. The molecule has 0 bridgehead atoms. The molecule has 4 rings (SSSR count). The molecule has 4 atom stereocenters. The van der Waals surface area contributed by atoms with Gasteiger partial charge >= 0.3 is 0 Å². The van der Waals surface area contributed by atoms with Gasteiger partial charge in [0.05, 0.1) is 35.3 Å². The molecular weight excluding hydrogens is 627 g/mol. The number of nitrogens with zero attached hydrogens (tertiary/aromatic N) is 3. The number of amides is 2. The van der Waals surface area contributed by atoms with Gasteiger partial charge in [-0.25, -0.2) is 12.8 Å². The Bertz CT molecular complexity index is 1610. The molecule has 13 heteroatoms. The number of ether oxygens (including phenoxy) is 2. The first kappa shape index (κ1) is 35.9. The molecule has 0 unspecified atom stereocenters. The number of aliphatic hydroxyl groups excluding tert-OH is 1. The van der Waals surface area contributed by atoms with E-state index in [1.165, 1.54) is 40.8 Å². The second kappa shape index (κ2) is 16.3. The third-order valence-corrected chi connectivity index (χ3v) is 10.0. The van der Waals surface area contributed by atoms with Crippen LogP contribution in [0, 0.1) is 11.7 Å². The van der Waals surface area contributed by atoms with E-state index in [-0.39, 0.29) is 48.1 Å². The highest BCUT2D eigenvalue weighted by Gasteiger charge is 2.32. The van der Waals surface area contributed by atoms with Crippen LogP contribution in [0.5, 0.6) is 5.75 Å². The molecule has 1 aliphatic rings. The zero-order valence-corrected chi connectivity index (χ0v) is 28.0. The SMILES string of the molecule is C[C@@H]1CN([C@H](C)CO)C(=O)c2cc(NC(=O)c3ccncc3)ccc2O[C@@H](C)CCCCO[C@@H]1CN(C)S(=O)(=O)c1ccc(F)cc1. The fourth-order valence-corrected chi connectivity index (χ4v) is 6.49. The lowest BCUT2D eigenvalue weighted by Gasteiger charge is -2.35. The Kier molecular flexibility index (Phi) is 12.4. The molecule has 47 heavy (non-hydrogen) atoms. The minimum Gasteiger partial charge on any atom is -0.490 e. The first-order valence-electron chi connectivity index (χ1n) is 15.7. The molecule has 2 amide bonds. The molecule has 0 aliphatic carbocycles. The smallest absolute Gasteiger partial charge is 0.258 e. The topological polar surface area (TPSA) is 138 Å². The number of aromatic nitrogens is 1. The first-order chi connectivity index (χ1) is 22.4. The Morgan fingerprint density at radius 1 is 1.13 bits per heavy atom. The molecule has 254 valence electrons. The molecule has 1 aliphatic heterocycles. The van der Waals surface area contributed by atoms with Gasteiger partial charge in [-0.1, -0.05) is 6.92 Å². The number of anilines is 1. The predicted molar refractivity (Wildman–Crippen MR) is 175 cm³/mol. The summed E-state index contributed by atoms with van der Waals surface area (Å²) >= 11 is 0. The second-order valence-corrected chi connectivity index (χ2v) is 14.0. The summed E-state index contributed by atoms with van der Waals surface area (Å²) in [6.45, 7) is 5.64. The van der Waals surface area contributed by atoms with E-state index in [0.29, 0.717) is 36.4 Å². The van der Waals surface area contributed by atoms with Gasteiger partial charge in [0.25, 0.3) is 11.8 Å². The van der Waals surface area contributed by atoms with Gasteiger partial charge in [0, 0.05) is 56.3 Å². The maximum atomic E-state index is 14.3.